The predicted octanol–water partition coefficient (Wildman–Crippen LogP) is -1.96. The normalized spacial score (nSPS) is 36.3. The van der Waals surface area contributed by atoms with Crippen LogP contribution < -0.4 is 24.0 Å². The molecule has 4 aliphatic heterocycles. The third kappa shape index (κ3) is 2.97. The summed E-state index contributed by atoms with van der Waals surface area (Å²) in [6, 6.07) is 7.24. The minimum absolute atomic E-state index is 0. The van der Waals surface area contributed by atoms with Crippen molar-refractivity contribution in [1.29, 1.82) is 0 Å². The van der Waals surface area contributed by atoms with E-state index in [-0.39, 0.29) is 29.8 Å². The zero-order chi connectivity index (χ0) is 13.7. The molecule has 0 amide bonds. The van der Waals surface area contributed by atoms with Gasteiger partial charge in [0.25, 0.3) is 0 Å². The highest BCUT2D eigenvalue weighted by molar-refractivity contribution is 6.30. The van der Waals surface area contributed by atoms with E-state index in [4.69, 9.17) is 11.6 Å². The van der Waals surface area contributed by atoms with Crippen LogP contribution in [0.5, 0.6) is 0 Å². The maximum absolute atomic E-state index is 12.5. The van der Waals surface area contributed by atoms with E-state index >= 15 is 0 Å². The van der Waals surface area contributed by atoms with Gasteiger partial charge in [0, 0.05) is 10.6 Å². The lowest BCUT2D eigenvalue weighted by Crippen LogP contribution is -3.00. The molecule has 7 heteroatoms. The van der Waals surface area contributed by atoms with Crippen LogP contribution >= 0.6 is 11.6 Å². The molecule has 0 unspecified atom stereocenters. The fourth-order valence-electron chi connectivity index (χ4n) is 3.84. The van der Waals surface area contributed by atoms with E-state index in [1.807, 2.05) is 12.1 Å². The zero-order valence-electron chi connectivity index (χ0n) is 11.7. The minimum atomic E-state index is 0. The Hall–Kier alpha value is -0.250. The highest BCUT2D eigenvalue weighted by Gasteiger charge is 2.49. The molecule has 0 spiro atoms. The first-order valence-electron chi connectivity index (χ1n) is 6.93. The number of nitrogens with zero attached hydrogens (tertiary/aromatic N) is 4. The highest BCUT2D eigenvalue weighted by Crippen LogP contribution is 2.28. The Balaban J connectivity index is 0.00000132. The van der Waals surface area contributed by atoms with Crippen molar-refractivity contribution in [2.45, 2.75) is 0 Å². The van der Waals surface area contributed by atoms with Gasteiger partial charge < -0.3 is 24.0 Å². The van der Waals surface area contributed by atoms with Gasteiger partial charge in [-0.2, -0.15) is 0 Å². The molecule has 1 aromatic rings. The largest absolute Gasteiger partial charge is 1.00 e. The van der Waals surface area contributed by atoms with Crippen LogP contribution in [0.1, 0.15) is 10.4 Å². The molecule has 114 valence electrons. The monoisotopic (exact) mass is 420 g/mol. The lowest BCUT2D eigenvalue weighted by Gasteiger charge is -2.60. The minimum Gasteiger partial charge on any atom is -1.00 e. The van der Waals surface area contributed by atoms with E-state index in [2.05, 4.69) is 14.7 Å². The van der Waals surface area contributed by atoms with E-state index in [0.717, 1.165) is 50.1 Å². The Morgan fingerprint density at radius 1 is 1.00 bits per heavy atom. The van der Waals surface area contributed by atoms with Gasteiger partial charge >= 0.3 is 0 Å². The molecule has 4 heterocycles. The summed E-state index contributed by atoms with van der Waals surface area (Å²) in [6.45, 7) is 6.69. The summed E-state index contributed by atoms with van der Waals surface area (Å²) in [6.07, 6.45) is 0. The Morgan fingerprint density at radius 3 is 1.95 bits per heavy atom. The molecule has 4 saturated heterocycles. The van der Waals surface area contributed by atoms with Gasteiger partial charge in [-0.05, 0) is 24.3 Å². The van der Waals surface area contributed by atoms with Crippen molar-refractivity contribution < 1.29 is 33.3 Å². The van der Waals surface area contributed by atoms with Crippen LogP contribution in [0.3, 0.4) is 0 Å². The number of Topliss-reactive ketones (excluding diaryl/α,β-unsaturated/α-hetero) is 1. The van der Waals surface area contributed by atoms with Gasteiger partial charge in [-0.1, -0.05) is 11.6 Å². The topological polar surface area (TPSA) is 26.8 Å². The van der Waals surface area contributed by atoms with E-state index in [0.29, 0.717) is 11.6 Å². The summed E-state index contributed by atoms with van der Waals surface area (Å²) < 4.78 is 0.849. The Labute approximate surface area is 146 Å². The molecule has 21 heavy (non-hydrogen) atoms. The van der Waals surface area contributed by atoms with Gasteiger partial charge in [-0.15, -0.1) is 0 Å². The SMILES string of the molecule is O=C(C[N+]12CN3CN(CN(C3)C1)C2)c1ccc(Cl)cc1.[I-]. The molecule has 0 saturated carbocycles. The van der Waals surface area contributed by atoms with Crippen LogP contribution in [0.15, 0.2) is 24.3 Å². The number of benzene rings is 1. The van der Waals surface area contributed by atoms with Gasteiger partial charge in [0.15, 0.2) is 0 Å². The molecule has 0 aliphatic carbocycles. The number of carbonyl (C=O) groups is 1. The number of hydrogen-bond acceptors (Lipinski definition) is 4. The smallest absolute Gasteiger partial charge is 0.217 e. The molecule has 0 N–H and O–H groups in total. The van der Waals surface area contributed by atoms with Crippen molar-refractivity contribution in [3.8, 4) is 0 Å². The number of hydrogen-bond donors (Lipinski definition) is 0. The van der Waals surface area contributed by atoms with E-state index in [1.165, 1.54) is 0 Å². The number of quaternary nitrogens is 1. The second kappa shape index (κ2) is 5.75. The standard InChI is InChI=1S/C14H18ClN4O.HI/c15-13-3-1-12(2-4-13)14(20)5-19-9-16-6-17(10-19)8-18(7-16)11-19;/h1-4H,5-11H2;1H/q+1;/p-1. The average molecular weight is 421 g/mol. The Bertz CT molecular complexity index is 515. The molecular formula is C14H18ClIN4O. The first kappa shape index (κ1) is 15.6. The first-order valence-corrected chi connectivity index (χ1v) is 7.31. The van der Waals surface area contributed by atoms with Gasteiger partial charge in [0.05, 0.1) is 20.0 Å². The number of carbonyl (C=O) groups excluding carboxylic acids is 1. The summed E-state index contributed by atoms with van der Waals surface area (Å²) in [5.74, 6) is 0.215. The van der Waals surface area contributed by atoms with Gasteiger partial charge in [0.1, 0.15) is 26.6 Å². The van der Waals surface area contributed by atoms with Crippen LogP contribution in [-0.4, -0.2) is 71.5 Å². The lowest BCUT2D eigenvalue weighted by atomic mass is 10.1. The van der Waals surface area contributed by atoms with Crippen molar-refractivity contribution in [2.24, 2.45) is 0 Å². The van der Waals surface area contributed by atoms with Gasteiger partial charge in [-0.3, -0.25) is 9.28 Å². The molecule has 4 aliphatic rings. The molecular weight excluding hydrogens is 403 g/mol. The van der Waals surface area contributed by atoms with Crippen LogP contribution in [0.4, 0.5) is 0 Å². The van der Waals surface area contributed by atoms with Crippen LogP contribution in [0.25, 0.3) is 0 Å². The average Bonchev–Trinajstić information content (AvgIpc) is 2.37. The Morgan fingerprint density at radius 2 is 1.48 bits per heavy atom. The second-order valence-corrected chi connectivity index (χ2v) is 6.73. The maximum Gasteiger partial charge on any atom is 0.217 e. The summed E-state index contributed by atoms with van der Waals surface area (Å²) in [4.78, 5) is 19.8. The Kier molecular flexibility index (Phi) is 4.28. The zero-order valence-corrected chi connectivity index (χ0v) is 14.6. The number of halogens is 2. The molecule has 4 bridgehead atoms. The van der Waals surface area contributed by atoms with Gasteiger partial charge in [0.2, 0.25) is 5.78 Å². The summed E-state index contributed by atoms with van der Waals surface area (Å²) in [5.41, 5.74) is 0.767. The van der Waals surface area contributed by atoms with Crippen molar-refractivity contribution in [1.82, 2.24) is 14.7 Å². The molecule has 0 radical (unpaired) electrons. The van der Waals surface area contributed by atoms with Crippen molar-refractivity contribution in [3.63, 3.8) is 0 Å². The fraction of sp³-hybridized carbons (Fsp3) is 0.500. The van der Waals surface area contributed by atoms with E-state index < -0.39 is 0 Å². The fourth-order valence-corrected chi connectivity index (χ4v) is 3.97. The summed E-state index contributed by atoms with van der Waals surface area (Å²) in [5, 5.41) is 0.675. The predicted molar refractivity (Wildman–Crippen MR) is 75.6 cm³/mol. The van der Waals surface area contributed by atoms with Crippen LogP contribution in [-0.2, 0) is 0 Å². The molecule has 0 atom stereocenters. The second-order valence-electron chi connectivity index (χ2n) is 6.29. The third-order valence-corrected chi connectivity index (χ3v) is 4.60. The number of rotatable bonds is 3. The molecule has 5 rings (SSSR count). The maximum atomic E-state index is 12.5. The molecule has 0 aromatic heterocycles. The van der Waals surface area contributed by atoms with Crippen molar-refractivity contribution in [2.75, 3.05) is 46.6 Å². The number of ketones is 1. The van der Waals surface area contributed by atoms with Gasteiger partial charge in [-0.25, -0.2) is 14.7 Å². The van der Waals surface area contributed by atoms with E-state index in [1.54, 1.807) is 12.1 Å². The molecule has 1 aromatic carbocycles. The third-order valence-electron chi connectivity index (χ3n) is 4.35. The summed E-state index contributed by atoms with van der Waals surface area (Å²) >= 11 is 5.88. The van der Waals surface area contributed by atoms with Crippen molar-refractivity contribution >= 4 is 17.4 Å². The molecule has 5 nitrogen and oxygen atoms in total. The highest BCUT2D eigenvalue weighted by atomic mass is 127. The molecule has 4 fully saturated rings. The first-order chi connectivity index (χ1) is 9.62. The van der Waals surface area contributed by atoms with Crippen molar-refractivity contribution in [3.05, 3.63) is 34.9 Å². The lowest BCUT2D eigenvalue weighted by molar-refractivity contribution is -0.973. The van der Waals surface area contributed by atoms with Crippen LogP contribution in [0.2, 0.25) is 5.02 Å². The van der Waals surface area contributed by atoms with Crippen LogP contribution in [0, 0.1) is 0 Å². The quantitative estimate of drug-likeness (QED) is 0.322. The van der Waals surface area contributed by atoms with E-state index in [9.17, 15) is 4.79 Å². The summed E-state index contributed by atoms with van der Waals surface area (Å²) in [7, 11) is 0.